The van der Waals surface area contributed by atoms with Crippen molar-refractivity contribution in [1.82, 2.24) is 4.90 Å². The standard InChI is InChI=1S/C18H37NO2P/c1-6-7-8-9-10-11-12-22(21)15-18(20)19(13-16(2)3)14-17(4)5/h16-17H,6-15H2,1-5H3/q+1. The number of hydrogen-bond donors (Lipinski definition) is 0. The lowest BCUT2D eigenvalue weighted by molar-refractivity contribution is -0.129. The molecule has 4 heteroatoms. The number of rotatable bonds is 13. The molecule has 0 saturated carbocycles. The fourth-order valence-corrected chi connectivity index (χ4v) is 3.79. The zero-order valence-electron chi connectivity index (χ0n) is 15.4. The fourth-order valence-electron chi connectivity index (χ4n) is 2.56. The van der Waals surface area contributed by atoms with Crippen LogP contribution in [0.1, 0.15) is 73.1 Å². The average molecular weight is 330 g/mol. The van der Waals surface area contributed by atoms with Crippen molar-refractivity contribution in [3.05, 3.63) is 0 Å². The van der Waals surface area contributed by atoms with Gasteiger partial charge >= 0.3 is 7.80 Å². The van der Waals surface area contributed by atoms with Gasteiger partial charge in [-0.3, -0.25) is 4.79 Å². The summed E-state index contributed by atoms with van der Waals surface area (Å²) in [6, 6.07) is 0. The molecule has 0 N–H and O–H groups in total. The number of unbranched alkanes of at least 4 members (excludes halogenated alkanes) is 5. The molecule has 130 valence electrons. The predicted octanol–water partition coefficient (Wildman–Crippen LogP) is 5.31. The molecule has 1 amide bonds. The maximum atomic E-state index is 12.3. The minimum atomic E-state index is -1.37. The summed E-state index contributed by atoms with van der Waals surface area (Å²) >= 11 is 0. The smallest absolute Gasteiger partial charge is 0.339 e. The molecule has 0 aromatic rings. The Morgan fingerprint density at radius 2 is 1.41 bits per heavy atom. The van der Waals surface area contributed by atoms with Gasteiger partial charge in [0, 0.05) is 13.1 Å². The van der Waals surface area contributed by atoms with Crippen LogP contribution >= 0.6 is 7.80 Å². The zero-order valence-corrected chi connectivity index (χ0v) is 16.3. The van der Waals surface area contributed by atoms with Gasteiger partial charge in [0.25, 0.3) is 5.91 Å². The quantitative estimate of drug-likeness (QED) is 0.339. The molecule has 0 rings (SSSR count). The molecule has 3 nitrogen and oxygen atoms in total. The Balaban J connectivity index is 4.05. The third-order valence-electron chi connectivity index (χ3n) is 3.60. The van der Waals surface area contributed by atoms with Crippen molar-refractivity contribution in [3.63, 3.8) is 0 Å². The highest BCUT2D eigenvalue weighted by Gasteiger charge is 2.25. The Morgan fingerprint density at radius 3 is 1.91 bits per heavy atom. The Hall–Kier alpha value is -0.430. The van der Waals surface area contributed by atoms with Crippen LogP contribution in [0.5, 0.6) is 0 Å². The van der Waals surface area contributed by atoms with Crippen LogP contribution in [0.4, 0.5) is 0 Å². The van der Waals surface area contributed by atoms with Crippen LogP contribution in [0.15, 0.2) is 0 Å². The van der Waals surface area contributed by atoms with Crippen molar-refractivity contribution in [2.75, 3.05) is 25.4 Å². The second-order valence-corrected chi connectivity index (χ2v) is 8.94. The largest absolute Gasteiger partial charge is 0.348 e. The van der Waals surface area contributed by atoms with Crippen molar-refractivity contribution in [2.24, 2.45) is 11.8 Å². The van der Waals surface area contributed by atoms with Gasteiger partial charge in [-0.2, -0.15) is 0 Å². The molecule has 22 heavy (non-hydrogen) atoms. The monoisotopic (exact) mass is 330 g/mol. The van der Waals surface area contributed by atoms with E-state index in [1.165, 1.54) is 25.7 Å². The molecule has 0 heterocycles. The summed E-state index contributed by atoms with van der Waals surface area (Å²) in [5.74, 6) is 0.993. The maximum Gasteiger partial charge on any atom is 0.348 e. The van der Waals surface area contributed by atoms with Gasteiger partial charge in [0.2, 0.25) is 6.16 Å². The van der Waals surface area contributed by atoms with Crippen LogP contribution < -0.4 is 0 Å². The van der Waals surface area contributed by atoms with E-state index in [9.17, 15) is 9.36 Å². The molecule has 0 radical (unpaired) electrons. The Kier molecular flexibility index (Phi) is 12.8. The second kappa shape index (κ2) is 13.0. The van der Waals surface area contributed by atoms with Gasteiger partial charge in [0.15, 0.2) is 0 Å². The van der Waals surface area contributed by atoms with Crippen molar-refractivity contribution in [2.45, 2.75) is 73.1 Å². The Morgan fingerprint density at radius 1 is 0.909 bits per heavy atom. The van der Waals surface area contributed by atoms with Crippen LogP contribution in [-0.2, 0) is 9.36 Å². The van der Waals surface area contributed by atoms with E-state index >= 15 is 0 Å². The molecule has 0 aliphatic heterocycles. The first kappa shape index (κ1) is 21.6. The van der Waals surface area contributed by atoms with Gasteiger partial charge in [0.1, 0.15) is 6.16 Å². The van der Waals surface area contributed by atoms with E-state index < -0.39 is 7.80 Å². The van der Waals surface area contributed by atoms with Crippen molar-refractivity contribution < 1.29 is 9.36 Å². The first-order chi connectivity index (χ1) is 10.4. The summed E-state index contributed by atoms with van der Waals surface area (Å²) in [5.41, 5.74) is 0. The highest BCUT2D eigenvalue weighted by atomic mass is 31.1. The zero-order chi connectivity index (χ0) is 17.0. The topological polar surface area (TPSA) is 37.4 Å². The van der Waals surface area contributed by atoms with Gasteiger partial charge in [-0.05, 0) is 24.7 Å². The maximum absolute atomic E-state index is 12.3. The fraction of sp³-hybridized carbons (Fsp3) is 0.944. The molecule has 0 aliphatic carbocycles. The number of amides is 1. The highest BCUT2D eigenvalue weighted by molar-refractivity contribution is 7.45. The first-order valence-corrected chi connectivity index (χ1v) is 10.7. The molecule has 1 unspecified atom stereocenters. The van der Waals surface area contributed by atoms with E-state index in [0.717, 1.165) is 25.9 Å². The van der Waals surface area contributed by atoms with Gasteiger partial charge in [-0.15, -0.1) is 0 Å². The van der Waals surface area contributed by atoms with Crippen LogP contribution in [0.3, 0.4) is 0 Å². The molecule has 1 atom stereocenters. The summed E-state index contributed by atoms with van der Waals surface area (Å²) in [6.45, 7) is 12.2. The molecular weight excluding hydrogens is 293 g/mol. The summed E-state index contributed by atoms with van der Waals surface area (Å²) in [4.78, 5) is 14.2. The molecule has 0 aromatic heterocycles. The minimum absolute atomic E-state index is 0.0782. The van der Waals surface area contributed by atoms with Gasteiger partial charge in [0.05, 0.1) is 0 Å². The van der Waals surface area contributed by atoms with E-state index in [2.05, 4.69) is 34.6 Å². The molecule has 0 aliphatic rings. The van der Waals surface area contributed by atoms with Gasteiger partial charge in [-0.25, -0.2) is 0 Å². The molecule has 0 spiro atoms. The number of nitrogens with zero attached hydrogens (tertiary/aromatic N) is 1. The van der Waals surface area contributed by atoms with E-state index in [1.54, 1.807) is 0 Å². The molecule has 0 saturated heterocycles. The van der Waals surface area contributed by atoms with E-state index in [0.29, 0.717) is 18.0 Å². The summed E-state index contributed by atoms with van der Waals surface area (Å²) in [7, 11) is -1.37. The lowest BCUT2D eigenvalue weighted by Crippen LogP contribution is -2.38. The number of hydrogen-bond acceptors (Lipinski definition) is 2. The van der Waals surface area contributed by atoms with Crippen molar-refractivity contribution >= 4 is 13.7 Å². The van der Waals surface area contributed by atoms with Crippen LogP contribution in [0, 0.1) is 11.8 Å². The van der Waals surface area contributed by atoms with E-state index in [1.807, 2.05) is 4.90 Å². The summed E-state index contributed by atoms with van der Waals surface area (Å²) in [6.07, 6.45) is 8.17. The lowest BCUT2D eigenvalue weighted by atomic mass is 10.1. The third kappa shape index (κ3) is 12.1. The average Bonchev–Trinajstić information content (AvgIpc) is 2.40. The summed E-state index contributed by atoms with van der Waals surface area (Å²) in [5, 5.41) is 0. The number of carbonyl (C=O) groups is 1. The second-order valence-electron chi connectivity index (χ2n) is 7.22. The lowest BCUT2D eigenvalue weighted by Gasteiger charge is -2.24. The summed E-state index contributed by atoms with van der Waals surface area (Å²) < 4.78 is 12.1. The first-order valence-electron chi connectivity index (χ1n) is 9.06. The number of carbonyl (C=O) groups excluding carboxylic acids is 1. The van der Waals surface area contributed by atoms with Gasteiger partial charge in [-0.1, -0.05) is 64.9 Å². The minimum Gasteiger partial charge on any atom is -0.339 e. The van der Waals surface area contributed by atoms with Crippen molar-refractivity contribution in [1.29, 1.82) is 0 Å². The molecular formula is C18H37NO2P+. The predicted molar refractivity (Wildman–Crippen MR) is 97.0 cm³/mol. The van der Waals surface area contributed by atoms with Gasteiger partial charge < -0.3 is 4.90 Å². The molecule has 0 bridgehead atoms. The third-order valence-corrected chi connectivity index (χ3v) is 5.03. The molecule has 0 aromatic carbocycles. The Bertz CT molecular complexity index is 306. The Labute approximate surface area is 139 Å². The van der Waals surface area contributed by atoms with E-state index in [4.69, 9.17) is 0 Å². The normalized spacial score (nSPS) is 12.0. The van der Waals surface area contributed by atoms with Crippen LogP contribution in [-0.4, -0.2) is 36.2 Å². The van der Waals surface area contributed by atoms with Crippen LogP contribution in [0.25, 0.3) is 0 Å². The van der Waals surface area contributed by atoms with E-state index in [-0.39, 0.29) is 12.1 Å². The van der Waals surface area contributed by atoms with Crippen LogP contribution in [0.2, 0.25) is 0 Å². The highest BCUT2D eigenvalue weighted by Crippen LogP contribution is 2.24. The van der Waals surface area contributed by atoms with Crippen molar-refractivity contribution in [3.8, 4) is 0 Å². The SMILES string of the molecule is CCCCCCCC[P+](=O)CC(=O)N(CC(C)C)CC(C)C. The molecule has 0 fully saturated rings.